The summed E-state index contributed by atoms with van der Waals surface area (Å²) in [7, 11) is 0. The first-order valence-electron chi connectivity index (χ1n) is 2.03. The maximum Gasteiger partial charge on any atom is 0.306 e. The molecule has 0 aromatic rings. The fourth-order valence-corrected chi connectivity index (χ4v) is 0.330. The van der Waals surface area contributed by atoms with Gasteiger partial charge < -0.3 is 5.11 Å². The summed E-state index contributed by atoms with van der Waals surface area (Å²) in [6.07, 6.45) is 1.80. The van der Waals surface area contributed by atoms with Crippen LogP contribution >= 0.6 is 0 Å². The van der Waals surface area contributed by atoms with Crippen LogP contribution in [-0.2, 0) is 21.6 Å². The molecule has 0 unspecified atom stereocenters. The predicted octanol–water partition coefficient (Wildman–Crippen LogP) is 0.479. The molecule has 1 fully saturated rings. The summed E-state index contributed by atoms with van der Waals surface area (Å²) in [6.45, 7) is 0. The van der Waals surface area contributed by atoms with Gasteiger partial charge in [-0.2, -0.15) is 0 Å². The van der Waals surface area contributed by atoms with Gasteiger partial charge in [-0.05, 0) is 12.8 Å². The van der Waals surface area contributed by atoms with Crippen molar-refractivity contribution in [3.63, 3.8) is 0 Å². The van der Waals surface area contributed by atoms with Crippen LogP contribution in [0.4, 0.5) is 0 Å². The van der Waals surface area contributed by atoms with E-state index in [4.69, 9.17) is 5.11 Å². The minimum atomic E-state index is -0.630. The summed E-state index contributed by atoms with van der Waals surface area (Å²) in [5, 5.41) is 8.05. The van der Waals surface area contributed by atoms with Crippen LogP contribution in [0, 0.1) is 5.92 Å². The number of carboxylic acid groups (broad SMARTS) is 1. The topological polar surface area (TPSA) is 37.3 Å². The second-order valence-electron chi connectivity index (χ2n) is 1.61. The third kappa shape index (κ3) is 1.94. The molecule has 7 heavy (non-hydrogen) atoms. The van der Waals surface area contributed by atoms with Crippen molar-refractivity contribution in [2.45, 2.75) is 12.8 Å². The molecule has 1 rings (SSSR count). The zero-order valence-corrected chi connectivity index (χ0v) is 4.72. The van der Waals surface area contributed by atoms with Gasteiger partial charge in [-0.1, -0.05) is 0 Å². The summed E-state index contributed by atoms with van der Waals surface area (Å²) in [4.78, 5) is 9.76. The minimum Gasteiger partial charge on any atom is -0.481 e. The van der Waals surface area contributed by atoms with Crippen molar-refractivity contribution < 1.29 is 26.7 Å². The van der Waals surface area contributed by atoms with Gasteiger partial charge in [-0.3, -0.25) is 4.79 Å². The van der Waals surface area contributed by atoms with Crippen LogP contribution in [-0.4, -0.2) is 11.1 Å². The van der Waals surface area contributed by atoms with Crippen LogP contribution in [0.1, 0.15) is 12.8 Å². The molecule has 1 saturated carbocycles. The number of carbonyl (C=O) groups is 1. The van der Waals surface area contributed by atoms with Crippen LogP contribution in [0.15, 0.2) is 0 Å². The van der Waals surface area contributed by atoms with Crippen molar-refractivity contribution in [2.24, 2.45) is 5.92 Å². The third-order valence-corrected chi connectivity index (χ3v) is 0.927. The Balaban J connectivity index is 0.000000360. The molecule has 0 saturated heterocycles. The van der Waals surface area contributed by atoms with E-state index < -0.39 is 5.97 Å². The van der Waals surface area contributed by atoms with E-state index in [0.29, 0.717) is 0 Å². The van der Waals surface area contributed by atoms with E-state index in [2.05, 4.69) is 0 Å². The van der Waals surface area contributed by atoms with Crippen molar-refractivity contribution in [3.05, 3.63) is 0 Å². The van der Waals surface area contributed by atoms with Gasteiger partial charge in [0.25, 0.3) is 0 Å². The van der Waals surface area contributed by atoms with Gasteiger partial charge in [0.1, 0.15) is 0 Å². The molecule has 0 atom stereocenters. The van der Waals surface area contributed by atoms with Gasteiger partial charge in [0, 0.05) is 16.8 Å². The zero-order chi connectivity index (χ0) is 4.57. The second-order valence-corrected chi connectivity index (χ2v) is 1.61. The smallest absolute Gasteiger partial charge is 0.306 e. The monoisotopic (exact) mass is 145 g/mol. The van der Waals surface area contributed by atoms with E-state index in [1.807, 2.05) is 0 Å². The van der Waals surface area contributed by atoms with Crippen molar-refractivity contribution in [1.29, 1.82) is 0 Å². The van der Waals surface area contributed by atoms with Crippen molar-refractivity contribution in [1.82, 2.24) is 0 Å². The van der Waals surface area contributed by atoms with Crippen LogP contribution in [0.3, 0.4) is 0 Å². The first-order chi connectivity index (χ1) is 2.80. The van der Waals surface area contributed by atoms with Gasteiger partial charge in [-0.15, -0.1) is 0 Å². The summed E-state index contributed by atoms with van der Waals surface area (Å²) in [5.74, 6) is -0.611. The Kier molecular flexibility index (Phi) is 2.32. The van der Waals surface area contributed by atoms with Gasteiger partial charge in [0.05, 0.1) is 5.92 Å². The van der Waals surface area contributed by atoms with Crippen molar-refractivity contribution in [2.75, 3.05) is 0 Å². The number of carboxylic acids is 1. The molecule has 0 aliphatic heterocycles. The molecule has 1 radical (unpaired) electrons. The van der Waals surface area contributed by atoms with Crippen LogP contribution in [0.25, 0.3) is 0 Å². The van der Waals surface area contributed by atoms with Crippen molar-refractivity contribution >= 4 is 5.97 Å². The third-order valence-electron chi connectivity index (χ3n) is 0.927. The first kappa shape index (κ1) is 6.98. The molecule has 1 aliphatic carbocycles. The average Bonchev–Trinajstić information content (AvgIpc) is 2.06. The molecule has 43 valence electrons. The SMILES string of the molecule is O=C(O)C1CC1.[Co]. The summed E-state index contributed by atoms with van der Waals surface area (Å²) < 4.78 is 0. The first-order valence-corrected chi connectivity index (χ1v) is 2.03. The minimum absolute atomic E-state index is 0. The quantitative estimate of drug-likeness (QED) is 0.582. The maximum atomic E-state index is 9.76. The van der Waals surface area contributed by atoms with E-state index in [9.17, 15) is 4.79 Å². The Bertz CT molecular complexity index is 77.8. The molecule has 3 heteroatoms. The molecule has 1 aliphatic rings. The Labute approximate surface area is 52.1 Å². The summed E-state index contributed by atoms with van der Waals surface area (Å²) in [6, 6.07) is 0. The fourth-order valence-electron chi connectivity index (χ4n) is 0.330. The fraction of sp³-hybridized carbons (Fsp3) is 0.750. The molecule has 2 nitrogen and oxygen atoms in total. The molecule has 0 amide bonds. The summed E-state index contributed by atoms with van der Waals surface area (Å²) >= 11 is 0. The molecule has 0 aromatic carbocycles. The number of hydrogen-bond acceptors (Lipinski definition) is 1. The largest absolute Gasteiger partial charge is 0.481 e. The molecule has 0 aromatic heterocycles. The molecule has 0 spiro atoms. The molecule has 0 heterocycles. The normalized spacial score (nSPS) is 17.7. The predicted molar refractivity (Wildman–Crippen MR) is 20.4 cm³/mol. The number of aliphatic carboxylic acids is 1. The van der Waals surface area contributed by atoms with Crippen LogP contribution in [0.5, 0.6) is 0 Å². The molecular formula is C4H6CoO2. The average molecular weight is 145 g/mol. The van der Waals surface area contributed by atoms with E-state index in [1.165, 1.54) is 0 Å². The Morgan fingerprint density at radius 1 is 1.57 bits per heavy atom. The standard InChI is InChI=1S/C4H6O2.Co/c5-4(6)3-1-2-3;/h3H,1-2H2,(H,5,6);. The maximum absolute atomic E-state index is 9.76. The second kappa shape index (κ2) is 2.33. The van der Waals surface area contributed by atoms with E-state index in [1.54, 1.807) is 0 Å². The summed E-state index contributed by atoms with van der Waals surface area (Å²) in [5.41, 5.74) is 0. The van der Waals surface area contributed by atoms with Gasteiger partial charge in [0.15, 0.2) is 0 Å². The number of rotatable bonds is 1. The van der Waals surface area contributed by atoms with Crippen LogP contribution < -0.4 is 0 Å². The van der Waals surface area contributed by atoms with Crippen molar-refractivity contribution in [3.8, 4) is 0 Å². The van der Waals surface area contributed by atoms with Gasteiger partial charge >= 0.3 is 5.97 Å². The van der Waals surface area contributed by atoms with Gasteiger partial charge in [0.2, 0.25) is 0 Å². The Morgan fingerprint density at radius 3 is 2.00 bits per heavy atom. The molecular weight excluding hydrogens is 139 g/mol. The van der Waals surface area contributed by atoms with Crippen LogP contribution in [0.2, 0.25) is 0 Å². The Hall–Kier alpha value is -0.0235. The number of hydrogen-bond donors (Lipinski definition) is 1. The molecule has 1 N–H and O–H groups in total. The molecule has 0 bridgehead atoms. The zero-order valence-electron chi connectivity index (χ0n) is 3.68. The van der Waals surface area contributed by atoms with E-state index in [-0.39, 0.29) is 22.7 Å². The Morgan fingerprint density at radius 2 is 2.00 bits per heavy atom. The van der Waals surface area contributed by atoms with Gasteiger partial charge in [-0.25, -0.2) is 0 Å². The van der Waals surface area contributed by atoms with E-state index in [0.717, 1.165) is 12.8 Å². The van der Waals surface area contributed by atoms with E-state index >= 15 is 0 Å².